The average molecular weight is 239 g/mol. The first-order chi connectivity index (χ1) is 7.74. The molecule has 16 heavy (non-hydrogen) atoms. The molecule has 1 N–H and O–H groups in total. The Balaban J connectivity index is 1.79. The zero-order chi connectivity index (χ0) is 11.4. The zero-order valence-electron chi connectivity index (χ0n) is 9.75. The molecule has 1 heterocycles. The molecular weight excluding hydrogens is 220 g/mol. The van der Waals surface area contributed by atoms with Crippen molar-refractivity contribution in [3.63, 3.8) is 0 Å². The monoisotopic (exact) mass is 238 g/mol. The summed E-state index contributed by atoms with van der Waals surface area (Å²) in [6, 6.07) is 2.82. The minimum absolute atomic E-state index is 0.402. The van der Waals surface area contributed by atoms with Crippen LogP contribution in [0.1, 0.15) is 36.8 Å². The number of halogens is 1. The molecule has 0 aromatic carbocycles. The van der Waals surface area contributed by atoms with Crippen LogP contribution in [0.3, 0.4) is 0 Å². The Morgan fingerprint density at radius 1 is 1.31 bits per heavy atom. The standard InChI is InChI=1S/C13H19ClN2/c1-10-6-11(8-15-7-10)9-16-13-4-2-12(14)3-5-13/h6-8,12-13,16H,2-5,9H2,1H3. The number of nitrogens with one attached hydrogen (secondary N) is 1. The van der Waals surface area contributed by atoms with E-state index in [-0.39, 0.29) is 0 Å². The van der Waals surface area contributed by atoms with Gasteiger partial charge in [-0.25, -0.2) is 0 Å². The zero-order valence-corrected chi connectivity index (χ0v) is 10.5. The number of hydrogen-bond donors (Lipinski definition) is 1. The van der Waals surface area contributed by atoms with E-state index in [1.165, 1.54) is 24.0 Å². The fourth-order valence-corrected chi connectivity index (χ4v) is 2.49. The molecule has 1 aliphatic carbocycles. The predicted molar refractivity (Wildman–Crippen MR) is 67.7 cm³/mol. The molecular formula is C13H19ClN2. The molecule has 1 fully saturated rings. The fourth-order valence-electron chi connectivity index (χ4n) is 2.23. The van der Waals surface area contributed by atoms with Crippen LogP contribution in [-0.4, -0.2) is 16.4 Å². The van der Waals surface area contributed by atoms with Crippen LogP contribution < -0.4 is 5.32 Å². The van der Waals surface area contributed by atoms with Crippen LogP contribution in [-0.2, 0) is 6.54 Å². The molecule has 1 saturated carbocycles. The molecule has 2 nitrogen and oxygen atoms in total. The van der Waals surface area contributed by atoms with E-state index < -0.39 is 0 Å². The van der Waals surface area contributed by atoms with E-state index >= 15 is 0 Å². The predicted octanol–water partition coefficient (Wildman–Crippen LogP) is 3.03. The second-order valence-electron chi connectivity index (χ2n) is 4.70. The summed E-state index contributed by atoms with van der Waals surface area (Å²) in [5, 5.41) is 3.99. The minimum atomic E-state index is 0.402. The molecule has 0 amide bonds. The molecule has 0 atom stereocenters. The van der Waals surface area contributed by atoms with Crippen molar-refractivity contribution in [2.24, 2.45) is 0 Å². The first-order valence-electron chi connectivity index (χ1n) is 6.02. The van der Waals surface area contributed by atoms with Gasteiger partial charge < -0.3 is 5.32 Å². The Bertz CT molecular complexity index is 332. The van der Waals surface area contributed by atoms with Crippen molar-refractivity contribution in [2.45, 2.75) is 50.6 Å². The van der Waals surface area contributed by atoms with Crippen molar-refractivity contribution in [2.75, 3.05) is 0 Å². The molecule has 1 aromatic heterocycles. The summed E-state index contributed by atoms with van der Waals surface area (Å²) in [6.45, 7) is 3.00. The summed E-state index contributed by atoms with van der Waals surface area (Å²) in [5.41, 5.74) is 2.50. The van der Waals surface area contributed by atoms with E-state index in [0.29, 0.717) is 11.4 Å². The van der Waals surface area contributed by atoms with Crippen molar-refractivity contribution >= 4 is 11.6 Å². The number of aromatic nitrogens is 1. The molecule has 2 rings (SSSR count). The van der Waals surface area contributed by atoms with Crippen LogP contribution in [0.5, 0.6) is 0 Å². The lowest BCUT2D eigenvalue weighted by Crippen LogP contribution is -2.33. The molecule has 0 aliphatic heterocycles. The highest BCUT2D eigenvalue weighted by molar-refractivity contribution is 6.20. The van der Waals surface area contributed by atoms with Gasteiger partial charge in [-0.15, -0.1) is 11.6 Å². The summed E-state index contributed by atoms with van der Waals surface area (Å²) >= 11 is 6.08. The third-order valence-electron chi connectivity index (χ3n) is 3.18. The van der Waals surface area contributed by atoms with Gasteiger partial charge in [0.1, 0.15) is 0 Å². The lowest BCUT2D eigenvalue weighted by atomic mass is 9.95. The largest absolute Gasteiger partial charge is 0.310 e. The van der Waals surface area contributed by atoms with Gasteiger partial charge in [0.25, 0.3) is 0 Å². The topological polar surface area (TPSA) is 24.9 Å². The molecule has 0 radical (unpaired) electrons. The maximum absolute atomic E-state index is 6.08. The van der Waals surface area contributed by atoms with E-state index in [2.05, 4.69) is 23.3 Å². The van der Waals surface area contributed by atoms with Gasteiger partial charge in [0.2, 0.25) is 0 Å². The second kappa shape index (κ2) is 5.65. The molecule has 1 aliphatic rings. The number of nitrogens with zero attached hydrogens (tertiary/aromatic N) is 1. The first kappa shape index (κ1) is 11.9. The van der Waals surface area contributed by atoms with Gasteiger partial charge in [-0.3, -0.25) is 4.98 Å². The number of rotatable bonds is 3. The quantitative estimate of drug-likeness (QED) is 0.819. The van der Waals surface area contributed by atoms with E-state index in [1.54, 1.807) is 0 Å². The van der Waals surface area contributed by atoms with Crippen molar-refractivity contribution in [3.8, 4) is 0 Å². The Hall–Kier alpha value is -0.600. The first-order valence-corrected chi connectivity index (χ1v) is 6.45. The Labute approximate surface area is 102 Å². The number of aryl methyl sites for hydroxylation is 1. The summed E-state index contributed by atoms with van der Waals surface area (Å²) in [4.78, 5) is 4.20. The molecule has 0 bridgehead atoms. The summed E-state index contributed by atoms with van der Waals surface area (Å²) < 4.78 is 0. The highest BCUT2D eigenvalue weighted by Crippen LogP contribution is 2.22. The minimum Gasteiger partial charge on any atom is -0.310 e. The van der Waals surface area contributed by atoms with Gasteiger partial charge in [0.15, 0.2) is 0 Å². The lowest BCUT2D eigenvalue weighted by Gasteiger charge is -2.25. The van der Waals surface area contributed by atoms with Crippen molar-refractivity contribution in [3.05, 3.63) is 29.6 Å². The van der Waals surface area contributed by atoms with Gasteiger partial charge in [-0.2, -0.15) is 0 Å². The van der Waals surface area contributed by atoms with Crippen LogP contribution in [0, 0.1) is 6.92 Å². The van der Waals surface area contributed by atoms with E-state index in [0.717, 1.165) is 19.4 Å². The fraction of sp³-hybridized carbons (Fsp3) is 0.615. The highest BCUT2D eigenvalue weighted by Gasteiger charge is 2.18. The smallest absolute Gasteiger partial charge is 0.0337 e. The van der Waals surface area contributed by atoms with Crippen LogP contribution in [0.25, 0.3) is 0 Å². The Morgan fingerprint density at radius 3 is 2.75 bits per heavy atom. The summed E-state index contributed by atoms with van der Waals surface area (Å²) in [7, 11) is 0. The normalized spacial score (nSPS) is 25.6. The number of pyridine rings is 1. The second-order valence-corrected chi connectivity index (χ2v) is 5.32. The van der Waals surface area contributed by atoms with Crippen molar-refractivity contribution < 1.29 is 0 Å². The molecule has 3 heteroatoms. The molecule has 0 spiro atoms. The maximum atomic E-state index is 6.08. The average Bonchev–Trinajstić information content (AvgIpc) is 2.28. The van der Waals surface area contributed by atoms with Gasteiger partial charge in [0.05, 0.1) is 0 Å². The SMILES string of the molecule is Cc1cncc(CNC2CCC(Cl)CC2)c1. The summed E-state index contributed by atoms with van der Waals surface area (Å²) in [5.74, 6) is 0. The molecule has 88 valence electrons. The Morgan fingerprint density at radius 2 is 2.06 bits per heavy atom. The van der Waals surface area contributed by atoms with Crippen molar-refractivity contribution in [1.82, 2.24) is 10.3 Å². The van der Waals surface area contributed by atoms with E-state index in [4.69, 9.17) is 11.6 Å². The highest BCUT2D eigenvalue weighted by atomic mass is 35.5. The maximum Gasteiger partial charge on any atom is 0.0337 e. The van der Waals surface area contributed by atoms with E-state index in [9.17, 15) is 0 Å². The third-order valence-corrected chi connectivity index (χ3v) is 3.62. The molecule has 0 saturated heterocycles. The third kappa shape index (κ3) is 3.46. The molecule has 1 aromatic rings. The van der Waals surface area contributed by atoms with Gasteiger partial charge in [-0.1, -0.05) is 6.07 Å². The molecule has 0 unspecified atom stereocenters. The van der Waals surface area contributed by atoms with Crippen LogP contribution >= 0.6 is 11.6 Å². The van der Waals surface area contributed by atoms with Crippen LogP contribution in [0.15, 0.2) is 18.5 Å². The van der Waals surface area contributed by atoms with Gasteiger partial charge in [0, 0.05) is 30.4 Å². The van der Waals surface area contributed by atoms with Crippen molar-refractivity contribution in [1.29, 1.82) is 0 Å². The number of alkyl halides is 1. The Kier molecular flexibility index (Phi) is 4.19. The van der Waals surface area contributed by atoms with Crippen LogP contribution in [0.4, 0.5) is 0 Å². The number of hydrogen-bond acceptors (Lipinski definition) is 2. The van der Waals surface area contributed by atoms with Gasteiger partial charge >= 0.3 is 0 Å². The van der Waals surface area contributed by atoms with E-state index in [1.807, 2.05) is 12.4 Å². The van der Waals surface area contributed by atoms with Crippen LogP contribution in [0.2, 0.25) is 0 Å². The van der Waals surface area contributed by atoms with Gasteiger partial charge in [-0.05, 0) is 43.7 Å². The summed E-state index contributed by atoms with van der Waals surface area (Å²) in [6.07, 6.45) is 8.52. The lowest BCUT2D eigenvalue weighted by molar-refractivity contribution is 0.376.